The standard InChI is InChI=1S/C10H13N3O/c1-14-9-7-13(11)12-10(9)8-5-3-2-4-6-8/h2-7,10,12H,11H2,1H3. The van der Waals surface area contributed by atoms with Gasteiger partial charge in [0.05, 0.1) is 13.3 Å². The summed E-state index contributed by atoms with van der Waals surface area (Å²) in [5.41, 5.74) is 4.20. The van der Waals surface area contributed by atoms with Gasteiger partial charge in [-0.05, 0) is 5.56 Å². The van der Waals surface area contributed by atoms with Crippen LogP contribution in [0.1, 0.15) is 11.6 Å². The minimum atomic E-state index is 0.0196. The number of nitrogens with two attached hydrogens (primary N) is 1. The van der Waals surface area contributed by atoms with Gasteiger partial charge in [0.25, 0.3) is 0 Å². The Labute approximate surface area is 82.9 Å². The van der Waals surface area contributed by atoms with Crippen molar-refractivity contribution in [2.75, 3.05) is 7.11 Å². The van der Waals surface area contributed by atoms with Crippen LogP contribution < -0.4 is 11.3 Å². The van der Waals surface area contributed by atoms with E-state index in [2.05, 4.69) is 5.43 Å². The van der Waals surface area contributed by atoms with Crippen molar-refractivity contribution in [3.63, 3.8) is 0 Å². The summed E-state index contributed by atoms with van der Waals surface area (Å²) in [6.45, 7) is 0. The molecule has 1 aliphatic heterocycles. The van der Waals surface area contributed by atoms with Crippen LogP contribution in [0.25, 0.3) is 0 Å². The molecule has 1 aliphatic rings. The third-order valence-electron chi connectivity index (χ3n) is 2.20. The Balaban J connectivity index is 2.25. The molecule has 1 atom stereocenters. The molecule has 1 heterocycles. The fraction of sp³-hybridized carbons (Fsp3) is 0.200. The van der Waals surface area contributed by atoms with Crippen LogP contribution in [0.4, 0.5) is 0 Å². The summed E-state index contributed by atoms with van der Waals surface area (Å²) in [6, 6.07) is 10.0. The number of hydrazine groups is 2. The molecule has 0 amide bonds. The van der Waals surface area contributed by atoms with Gasteiger partial charge in [0.15, 0.2) is 0 Å². The van der Waals surface area contributed by atoms with E-state index < -0.39 is 0 Å². The van der Waals surface area contributed by atoms with Gasteiger partial charge in [-0.2, -0.15) is 0 Å². The van der Waals surface area contributed by atoms with Crippen LogP contribution in [0.2, 0.25) is 0 Å². The molecule has 4 heteroatoms. The average Bonchev–Trinajstić information content (AvgIpc) is 2.61. The molecular weight excluding hydrogens is 178 g/mol. The highest BCUT2D eigenvalue weighted by atomic mass is 16.5. The molecule has 1 unspecified atom stereocenters. The lowest BCUT2D eigenvalue weighted by molar-refractivity contribution is 0.242. The topological polar surface area (TPSA) is 50.5 Å². The van der Waals surface area contributed by atoms with Crippen molar-refractivity contribution in [3.05, 3.63) is 47.9 Å². The average molecular weight is 191 g/mol. The Morgan fingerprint density at radius 1 is 1.36 bits per heavy atom. The van der Waals surface area contributed by atoms with E-state index in [9.17, 15) is 0 Å². The number of methoxy groups -OCH3 is 1. The second-order valence-electron chi connectivity index (χ2n) is 3.12. The molecule has 0 saturated heterocycles. The second kappa shape index (κ2) is 3.69. The minimum Gasteiger partial charge on any atom is -0.497 e. The summed E-state index contributed by atoms with van der Waals surface area (Å²) in [6.07, 6.45) is 1.73. The van der Waals surface area contributed by atoms with E-state index in [1.807, 2.05) is 30.3 Å². The molecule has 0 bridgehead atoms. The van der Waals surface area contributed by atoms with Crippen molar-refractivity contribution in [2.45, 2.75) is 6.04 Å². The maximum atomic E-state index is 5.59. The van der Waals surface area contributed by atoms with Crippen LogP contribution in [0.5, 0.6) is 0 Å². The predicted octanol–water partition coefficient (Wildman–Crippen LogP) is 0.909. The van der Waals surface area contributed by atoms with Gasteiger partial charge < -0.3 is 4.74 Å². The van der Waals surface area contributed by atoms with Crippen LogP contribution >= 0.6 is 0 Å². The molecule has 0 saturated carbocycles. The molecular formula is C10H13N3O. The van der Waals surface area contributed by atoms with Gasteiger partial charge in [-0.1, -0.05) is 30.3 Å². The molecule has 3 N–H and O–H groups in total. The van der Waals surface area contributed by atoms with Crippen LogP contribution in [0.15, 0.2) is 42.3 Å². The molecule has 1 aromatic rings. The summed E-state index contributed by atoms with van der Waals surface area (Å²) in [7, 11) is 1.64. The first-order chi connectivity index (χ1) is 6.81. The second-order valence-corrected chi connectivity index (χ2v) is 3.12. The zero-order valence-electron chi connectivity index (χ0n) is 7.97. The number of ether oxygens (including phenoxy) is 1. The van der Waals surface area contributed by atoms with Gasteiger partial charge in [-0.3, -0.25) is 0 Å². The number of nitrogens with zero attached hydrogens (tertiary/aromatic N) is 1. The van der Waals surface area contributed by atoms with E-state index in [-0.39, 0.29) is 6.04 Å². The largest absolute Gasteiger partial charge is 0.497 e. The third-order valence-corrected chi connectivity index (χ3v) is 2.20. The van der Waals surface area contributed by atoms with Crippen molar-refractivity contribution in [1.82, 2.24) is 10.5 Å². The van der Waals surface area contributed by atoms with E-state index in [1.165, 1.54) is 5.12 Å². The first-order valence-electron chi connectivity index (χ1n) is 4.42. The maximum Gasteiger partial charge on any atom is 0.138 e. The summed E-state index contributed by atoms with van der Waals surface area (Å²) < 4.78 is 5.23. The minimum absolute atomic E-state index is 0.0196. The van der Waals surface area contributed by atoms with Crippen molar-refractivity contribution in [1.29, 1.82) is 0 Å². The van der Waals surface area contributed by atoms with Crippen LogP contribution in [0.3, 0.4) is 0 Å². The van der Waals surface area contributed by atoms with Crippen molar-refractivity contribution in [2.24, 2.45) is 5.84 Å². The van der Waals surface area contributed by atoms with Gasteiger partial charge in [-0.25, -0.2) is 16.4 Å². The van der Waals surface area contributed by atoms with Crippen molar-refractivity contribution >= 4 is 0 Å². The fourth-order valence-corrected chi connectivity index (χ4v) is 1.52. The number of benzene rings is 1. The van der Waals surface area contributed by atoms with Gasteiger partial charge in [-0.15, -0.1) is 0 Å². The Kier molecular flexibility index (Phi) is 2.39. The van der Waals surface area contributed by atoms with E-state index >= 15 is 0 Å². The SMILES string of the molecule is COC1=CN(N)NC1c1ccccc1. The van der Waals surface area contributed by atoms with E-state index in [4.69, 9.17) is 10.6 Å². The zero-order valence-corrected chi connectivity index (χ0v) is 7.97. The van der Waals surface area contributed by atoms with Crippen molar-refractivity contribution in [3.8, 4) is 0 Å². The molecule has 0 radical (unpaired) electrons. The quantitative estimate of drug-likeness (QED) is 0.682. The lowest BCUT2D eigenvalue weighted by Gasteiger charge is -2.15. The number of hydrogen-bond donors (Lipinski definition) is 2. The fourth-order valence-electron chi connectivity index (χ4n) is 1.52. The molecule has 4 nitrogen and oxygen atoms in total. The van der Waals surface area contributed by atoms with Gasteiger partial charge in [0.2, 0.25) is 0 Å². The maximum absolute atomic E-state index is 5.59. The van der Waals surface area contributed by atoms with Crippen LogP contribution in [0, 0.1) is 0 Å². The highest BCUT2D eigenvalue weighted by molar-refractivity contribution is 5.27. The first kappa shape index (κ1) is 9.05. The molecule has 1 aromatic carbocycles. The molecule has 0 aromatic heterocycles. The Bertz CT molecular complexity index is 336. The molecule has 0 fully saturated rings. The lowest BCUT2D eigenvalue weighted by Crippen LogP contribution is -2.36. The number of nitrogens with one attached hydrogen (secondary N) is 1. The molecule has 2 rings (SSSR count). The smallest absolute Gasteiger partial charge is 0.138 e. The summed E-state index contributed by atoms with van der Waals surface area (Å²) in [5.74, 6) is 6.41. The van der Waals surface area contributed by atoms with Gasteiger partial charge >= 0.3 is 0 Å². The molecule has 0 aliphatic carbocycles. The number of hydrogen-bond acceptors (Lipinski definition) is 4. The van der Waals surface area contributed by atoms with Gasteiger partial charge in [0, 0.05) is 0 Å². The first-order valence-corrected chi connectivity index (χ1v) is 4.42. The Morgan fingerprint density at radius 3 is 2.71 bits per heavy atom. The molecule has 14 heavy (non-hydrogen) atoms. The van der Waals surface area contributed by atoms with E-state index in [0.29, 0.717) is 0 Å². The molecule has 74 valence electrons. The molecule has 0 spiro atoms. The highest BCUT2D eigenvalue weighted by Gasteiger charge is 2.24. The van der Waals surface area contributed by atoms with Crippen LogP contribution in [-0.4, -0.2) is 12.2 Å². The zero-order chi connectivity index (χ0) is 9.97. The Hall–Kier alpha value is -1.52. The Morgan fingerprint density at radius 2 is 2.07 bits per heavy atom. The van der Waals surface area contributed by atoms with E-state index in [1.54, 1.807) is 13.3 Å². The van der Waals surface area contributed by atoms with Crippen molar-refractivity contribution < 1.29 is 4.74 Å². The van der Waals surface area contributed by atoms with Gasteiger partial charge in [0.1, 0.15) is 11.8 Å². The normalized spacial score (nSPS) is 20.9. The summed E-state index contributed by atoms with van der Waals surface area (Å²) in [4.78, 5) is 0. The summed E-state index contributed by atoms with van der Waals surface area (Å²) in [5, 5.41) is 1.41. The monoisotopic (exact) mass is 191 g/mol. The summed E-state index contributed by atoms with van der Waals surface area (Å²) >= 11 is 0. The highest BCUT2D eigenvalue weighted by Crippen LogP contribution is 2.25. The van der Waals surface area contributed by atoms with E-state index in [0.717, 1.165) is 11.3 Å². The predicted molar refractivity (Wildman–Crippen MR) is 53.4 cm³/mol. The lowest BCUT2D eigenvalue weighted by atomic mass is 10.1. The van der Waals surface area contributed by atoms with Crippen LogP contribution in [-0.2, 0) is 4.74 Å². The third kappa shape index (κ3) is 1.57. The number of rotatable bonds is 2.